The summed E-state index contributed by atoms with van der Waals surface area (Å²) in [6, 6.07) is 5.84. The fraction of sp³-hybridized carbons (Fsp3) is 0.417. The van der Waals surface area contributed by atoms with Crippen LogP contribution < -0.4 is 9.80 Å². The summed E-state index contributed by atoms with van der Waals surface area (Å²) in [7, 11) is 0. The summed E-state index contributed by atoms with van der Waals surface area (Å²) in [5.41, 5.74) is 2.38. The molecule has 0 radical (unpaired) electrons. The predicted molar refractivity (Wildman–Crippen MR) is 121 cm³/mol. The summed E-state index contributed by atoms with van der Waals surface area (Å²) in [5, 5.41) is 0. The van der Waals surface area contributed by atoms with E-state index in [4.69, 9.17) is 4.98 Å². The van der Waals surface area contributed by atoms with Crippen LogP contribution in [0, 0.1) is 0 Å². The fourth-order valence-electron chi connectivity index (χ4n) is 4.69. The van der Waals surface area contributed by atoms with Crippen LogP contribution in [-0.4, -0.2) is 41.1 Å². The molecule has 5 nitrogen and oxygen atoms in total. The SMILES string of the molecule is FCc1cccnc1N1CCN(c2nc3c(C4=CCCCC4)cc(C(F)(F)F)cc3[nH]2)CC1. The first-order valence-electron chi connectivity index (χ1n) is 11.2. The Labute approximate surface area is 189 Å². The minimum Gasteiger partial charge on any atom is -0.353 e. The topological polar surface area (TPSA) is 48.1 Å². The van der Waals surface area contributed by atoms with E-state index >= 15 is 0 Å². The van der Waals surface area contributed by atoms with Crippen LogP contribution in [0.25, 0.3) is 16.6 Å². The number of pyridine rings is 1. The molecule has 1 N–H and O–H groups in total. The molecule has 1 aromatic carbocycles. The number of benzene rings is 1. The van der Waals surface area contributed by atoms with Gasteiger partial charge in [0.25, 0.3) is 0 Å². The molecular formula is C24H25F4N5. The normalized spacial score (nSPS) is 17.5. The lowest BCUT2D eigenvalue weighted by molar-refractivity contribution is -0.137. The number of halogens is 4. The van der Waals surface area contributed by atoms with E-state index in [0.29, 0.717) is 60.1 Å². The van der Waals surface area contributed by atoms with Crippen LogP contribution in [0.15, 0.2) is 36.5 Å². The van der Waals surface area contributed by atoms with Gasteiger partial charge in [-0.25, -0.2) is 14.4 Å². The third kappa shape index (κ3) is 4.28. The van der Waals surface area contributed by atoms with Gasteiger partial charge in [-0.15, -0.1) is 0 Å². The molecular weight excluding hydrogens is 434 g/mol. The summed E-state index contributed by atoms with van der Waals surface area (Å²) >= 11 is 0. The number of nitrogens with one attached hydrogen (secondary N) is 1. The van der Waals surface area contributed by atoms with Gasteiger partial charge in [-0.05, 0) is 49.5 Å². The molecule has 1 aliphatic heterocycles. The maximum atomic E-state index is 13.6. The van der Waals surface area contributed by atoms with Gasteiger partial charge in [0.05, 0.1) is 16.6 Å². The number of hydrogen-bond donors (Lipinski definition) is 1. The maximum absolute atomic E-state index is 13.6. The molecule has 1 fully saturated rings. The van der Waals surface area contributed by atoms with Crippen molar-refractivity contribution in [2.45, 2.75) is 38.5 Å². The quantitative estimate of drug-likeness (QED) is 0.506. The predicted octanol–water partition coefficient (Wildman–Crippen LogP) is 5.73. The van der Waals surface area contributed by atoms with Gasteiger partial charge in [-0.3, -0.25) is 0 Å². The van der Waals surface area contributed by atoms with Gasteiger partial charge in [0, 0.05) is 43.5 Å². The summed E-state index contributed by atoms with van der Waals surface area (Å²) in [6.07, 6.45) is 2.94. The van der Waals surface area contributed by atoms with E-state index < -0.39 is 18.4 Å². The number of hydrogen-bond acceptors (Lipinski definition) is 4. The lowest BCUT2D eigenvalue weighted by atomic mass is 9.92. The molecule has 0 atom stereocenters. The lowest BCUT2D eigenvalue weighted by Gasteiger charge is -2.35. The number of allylic oxidation sites excluding steroid dienone is 2. The number of rotatable bonds is 4. The average molecular weight is 459 g/mol. The van der Waals surface area contributed by atoms with Crippen molar-refractivity contribution in [2.75, 3.05) is 36.0 Å². The van der Waals surface area contributed by atoms with Gasteiger partial charge >= 0.3 is 6.18 Å². The zero-order valence-corrected chi connectivity index (χ0v) is 18.1. The van der Waals surface area contributed by atoms with Crippen LogP contribution in [0.1, 0.15) is 42.4 Å². The minimum absolute atomic E-state index is 0.396. The Morgan fingerprint density at radius 2 is 1.82 bits per heavy atom. The molecule has 1 saturated heterocycles. The van der Waals surface area contributed by atoms with Gasteiger partial charge < -0.3 is 14.8 Å². The zero-order valence-electron chi connectivity index (χ0n) is 18.1. The van der Waals surface area contributed by atoms with Gasteiger partial charge in [0.1, 0.15) is 12.5 Å². The highest BCUT2D eigenvalue weighted by atomic mass is 19.4. The van der Waals surface area contributed by atoms with E-state index in [1.54, 1.807) is 18.3 Å². The number of anilines is 2. The van der Waals surface area contributed by atoms with Crippen molar-refractivity contribution in [3.63, 3.8) is 0 Å². The third-order valence-electron chi connectivity index (χ3n) is 6.43. The van der Waals surface area contributed by atoms with E-state index in [2.05, 4.69) is 9.97 Å². The van der Waals surface area contributed by atoms with E-state index in [1.165, 1.54) is 6.07 Å². The molecule has 5 rings (SSSR count). The molecule has 0 amide bonds. The molecule has 9 heteroatoms. The Hall–Kier alpha value is -3.10. The second-order valence-electron chi connectivity index (χ2n) is 8.55. The molecule has 174 valence electrons. The Balaban J connectivity index is 1.44. The van der Waals surface area contributed by atoms with Crippen LogP contribution in [-0.2, 0) is 12.9 Å². The minimum atomic E-state index is -4.42. The van der Waals surface area contributed by atoms with Crippen molar-refractivity contribution in [1.29, 1.82) is 0 Å². The highest BCUT2D eigenvalue weighted by Crippen LogP contribution is 2.38. The van der Waals surface area contributed by atoms with Crippen molar-refractivity contribution < 1.29 is 17.6 Å². The number of imidazole rings is 1. The van der Waals surface area contributed by atoms with E-state index in [9.17, 15) is 17.6 Å². The van der Waals surface area contributed by atoms with E-state index in [1.807, 2.05) is 15.9 Å². The van der Waals surface area contributed by atoms with Crippen LogP contribution in [0.3, 0.4) is 0 Å². The number of H-pyrrole nitrogens is 1. The number of aromatic nitrogens is 3. The fourth-order valence-corrected chi connectivity index (χ4v) is 4.69. The number of piperazine rings is 1. The van der Waals surface area contributed by atoms with E-state index in [0.717, 1.165) is 37.3 Å². The van der Waals surface area contributed by atoms with Crippen LogP contribution >= 0.6 is 0 Å². The van der Waals surface area contributed by atoms with Crippen molar-refractivity contribution in [3.05, 3.63) is 53.2 Å². The Bertz CT molecular complexity index is 1180. The van der Waals surface area contributed by atoms with Gasteiger partial charge in [0.2, 0.25) is 5.95 Å². The largest absolute Gasteiger partial charge is 0.416 e. The monoisotopic (exact) mass is 459 g/mol. The molecule has 0 unspecified atom stereocenters. The molecule has 1 aliphatic carbocycles. The van der Waals surface area contributed by atoms with Gasteiger partial charge in [-0.2, -0.15) is 13.2 Å². The molecule has 0 saturated carbocycles. The summed E-state index contributed by atoms with van der Waals surface area (Å²) in [5.74, 6) is 1.21. The third-order valence-corrected chi connectivity index (χ3v) is 6.43. The first kappa shape index (κ1) is 21.7. The number of alkyl halides is 4. The lowest BCUT2D eigenvalue weighted by Crippen LogP contribution is -2.47. The highest BCUT2D eigenvalue weighted by Gasteiger charge is 2.33. The van der Waals surface area contributed by atoms with Crippen molar-refractivity contribution in [1.82, 2.24) is 15.0 Å². The Morgan fingerprint density at radius 1 is 1.03 bits per heavy atom. The Morgan fingerprint density at radius 3 is 2.52 bits per heavy atom. The number of aromatic amines is 1. The second kappa shape index (κ2) is 8.68. The van der Waals surface area contributed by atoms with Crippen LogP contribution in [0.4, 0.5) is 29.3 Å². The highest BCUT2D eigenvalue weighted by molar-refractivity contribution is 5.91. The first-order chi connectivity index (χ1) is 15.9. The molecule has 0 spiro atoms. The van der Waals surface area contributed by atoms with Gasteiger partial charge in [0.15, 0.2) is 0 Å². The molecule has 2 aliphatic rings. The maximum Gasteiger partial charge on any atom is 0.416 e. The van der Waals surface area contributed by atoms with Crippen LogP contribution in [0.2, 0.25) is 0 Å². The van der Waals surface area contributed by atoms with Crippen molar-refractivity contribution >= 4 is 28.4 Å². The number of nitrogens with zero attached hydrogens (tertiary/aromatic N) is 4. The smallest absolute Gasteiger partial charge is 0.353 e. The standard InChI is InChI=1S/C24H25F4N5/c25-15-17-7-4-8-29-22(17)32-9-11-33(12-10-32)23-30-20-14-18(24(26,27)28)13-19(21(20)31-23)16-5-2-1-3-6-16/h4-5,7-8,13-14H,1-3,6,9-12,15H2,(H,30,31). The summed E-state index contributed by atoms with van der Waals surface area (Å²) in [4.78, 5) is 16.3. The number of fused-ring (bicyclic) bond motifs is 1. The molecule has 3 aromatic rings. The summed E-state index contributed by atoms with van der Waals surface area (Å²) in [6.45, 7) is 1.87. The second-order valence-corrected chi connectivity index (χ2v) is 8.55. The molecule has 0 bridgehead atoms. The zero-order chi connectivity index (χ0) is 23.0. The molecule has 3 heterocycles. The Kier molecular flexibility index (Phi) is 5.72. The van der Waals surface area contributed by atoms with E-state index in [-0.39, 0.29) is 0 Å². The first-order valence-corrected chi connectivity index (χ1v) is 11.2. The van der Waals surface area contributed by atoms with Gasteiger partial charge in [-0.1, -0.05) is 12.1 Å². The molecule has 2 aromatic heterocycles. The van der Waals surface area contributed by atoms with Crippen molar-refractivity contribution in [3.8, 4) is 0 Å². The van der Waals surface area contributed by atoms with Crippen molar-refractivity contribution in [2.24, 2.45) is 0 Å². The summed E-state index contributed by atoms with van der Waals surface area (Å²) < 4.78 is 54.1. The average Bonchev–Trinajstić information content (AvgIpc) is 3.28. The van der Waals surface area contributed by atoms with Crippen LogP contribution in [0.5, 0.6) is 0 Å². The molecule has 33 heavy (non-hydrogen) atoms.